The number of piperidine rings is 2. The van der Waals surface area contributed by atoms with Crippen molar-refractivity contribution < 1.29 is 0 Å². The number of nitrogens with zero attached hydrogens (tertiary/aromatic N) is 2. The minimum Gasteiger partial charge on any atom is -0.304 e. The lowest BCUT2D eigenvalue weighted by atomic mass is 9.91. The highest BCUT2D eigenvalue weighted by Gasteiger charge is 2.23. The van der Waals surface area contributed by atoms with Crippen LogP contribution in [0, 0.1) is 11.8 Å². The molecule has 18 heavy (non-hydrogen) atoms. The van der Waals surface area contributed by atoms with E-state index >= 15 is 0 Å². The lowest BCUT2D eigenvalue weighted by Gasteiger charge is -2.37. The molecule has 0 bridgehead atoms. The summed E-state index contributed by atoms with van der Waals surface area (Å²) in [6.07, 6.45) is 8.93. The lowest BCUT2D eigenvalue weighted by Crippen LogP contribution is -2.41. The quantitative estimate of drug-likeness (QED) is 0.692. The molecule has 2 rings (SSSR count). The van der Waals surface area contributed by atoms with Crippen LogP contribution in [-0.4, -0.2) is 49.1 Å². The molecule has 0 amide bonds. The van der Waals surface area contributed by atoms with Gasteiger partial charge in [0.25, 0.3) is 0 Å². The zero-order chi connectivity index (χ0) is 12.8. The largest absolute Gasteiger partial charge is 0.304 e. The molecular weight excluding hydrogens is 220 g/mol. The number of hydrogen-bond acceptors (Lipinski definition) is 2. The number of allylic oxidation sites excluding steroid dienone is 1. The summed E-state index contributed by atoms with van der Waals surface area (Å²) in [4.78, 5) is 5.30. The van der Waals surface area contributed by atoms with Gasteiger partial charge in [0.05, 0.1) is 0 Å². The van der Waals surface area contributed by atoms with Gasteiger partial charge in [-0.15, -0.1) is 6.58 Å². The van der Waals surface area contributed by atoms with Crippen LogP contribution in [0.3, 0.4) is 0 Å². The fourth-order valence-corrected chi connectivity index (χ4v) is 3.49. The number of likely N-dealkylation sites (tertiary alicyclic amines) is 2. The molecule has 2 heterocycles. The molecule has 0 aromatic heterocycles. The predicted molar refractivity (Wildman–Crippen MR) is 78.8 cm³/mol. The van der Waals surface area contributed by atoms with E-state index in [9.17, 15) is 0 Å². The van der Waals surface area contributed by atoms with Crippen LogP contribution in [0.2, 0.25) is 0 Å². The second-order valence-electron chi connectivity index (χ2n) is 6.15. The van der Waals surface area contributed by atoms with E-state index in [0.29, 0.717) is 0 Å². The molecule has 0 radical (unpaired) electrons. The molecule has 0 N–H and O–H groups in total. The van der Waals surface area contributed by atoms with Gasteiger partial charge < -0.3 is 9.80 Å². The maximum absolute atomic E-state index is 3.86. The molecule has 2 fully saturated rings. The third-order valence-corrected chi connectivity index (χ3v) is 4.88. The Labute approximate surface area is 113 Å². The van der Waals surface area contributed by atoms with E-state index in [1.807, 2.05) is 0 Å². The van der Waals surface area contributed by atoms with Crippen LogP contribution in [-0.2, 0) is 0 Å². The van der Waals surface area contributed by atoms with E-state index in [4.69, 9.17) is 0 Å². The maximum Gasteiger partial charge on any atom is 0.00106 e. The van der Waals surface area contributed by atoms with Crippen molar-refractivity contribution >= 4 is 0 Å². The Bertz CT molecular complexity index is 235. The van der Waals surface area contributed by atoms with Crippen molar-refractivity contribution in [2.24, 2.45) is 11.8 Å². The maximum atomic E-state index is 3.86. The van der Waals surface area contributed by atoms with Crippen molar-refractivity contribution in [2.45, 2.75) is 39.0 Å². The van der Waals surface area contributed by atoms with E-state index in [1.165, 1.54) is 71.4 Å². The zero-order valence-electron chi connectivity index (χ0n) is 12.1. The Hall–Kier alpha value is -0.340. The highest BCUT2D eigenvalue weighted by molar-refractivity contribution is 4.81. The third-order valence-electron chi connectivity index (χ3n) is 4.88. The van der Waals surface area contributed by atoms with Gasteiger partial charge in [0.2, 0.25) is 0 Å². The van der Waals surface area contributed by atoms with Gasteiger partial charge in [0, 0.05) is 6.54 Å². The summed E-state index contributed by atoms with van der Waals surface area (Å²) in [7, 11) is 0. The van der Waals surface area contributed by atoms with Crippen LogP contribution in [0.25, 0.3) is 0 Å². The van der Waals surface area contributed by atoms with Crippen molar-refractivity contribution in [3.05, 3.63) is 12.7 Å². The van der Waals surface area contributed by atoms with Gasteiger partial charge in [0.1, 0.15) is 0 Å². The average molecular weight is 250 g/mol. The van der Waals surface area contributed by atoms with Gasteiger partial charge in [0.15, 0.2) is 0 Å². The first-order chi connectivity index (χ1) is 8.81. The Morgan fingerprint density at radius 3 is 2.06 bits per heavy atom. The molecule has 0 atom stereocenters. The van der Waals surface area contributed by atoms with Crippen LogP contribution in [0.4, 0.5) is 0 Å². The smallest absolute Gasteiger partial charge is 0.00106 e. The zero-order valence-corrected chi connectivity index (χ0v) is 12.1. The minimum absolute atomic E-state index is 0.917. The SMILES string of the molecule is C=CCC1CCN(CC2CCN(CC)CC2)CC1. The number of hydrogen-bond donors (Lipinski definition) is 0. The van der Waals surface area contributed by atoms with Crippen molar-refractivity contribution in [3.8, 4) is 0 Å². The van der Waals surface area contributed by atoms with Gasteiger partial charge in [-0.2, -0.15) is 0 Å². The van der Waals surface area contributed by atoms with E-state index in [1.54, 1.807) is 0 Å². The molecule has 0 saturated carbocycles. The highest BCUT2D eigenvalue weighted by atomic mass is 15.1. The van der Waals surface area contributed by atoms with Crippen LogP contribution in [0.5, 0.6) is 0 Å². The Morgan fingerprint density at radius 1 is 0.944 bits per heavy atom. The van der Waals surface area contributed by atoms with Crippen LogP contribution >= 0.6 is 0 Å². The summed E-state index contributed by atoms with van der Waals surface area (Å²) in [6.45, 7) is 14.0. The first-order valence-electron chi connectivity index (χ1n) is 7.87. The molecule has 0 aromatic rings. The fourth-order valence-electron chi connectivity index (χ4n) is 3.49. The van der Waals surface area contributed by atoms with Crippen molar-refractivity contribution in [1.29, 1.82) is 0 Å². The lowest BCUT2D eigenvalue weighted by molar-refractivity contribution is 0.120. The minimum atomic E-state index is 0.917. The summed E-state index contributed by atoms with van der Waals surface area (Å²) in [5, 5.41) is 0. The Kier molecular flexibility index (Phi) is 5.71. The van der Waals surface area contributed by atoms with Crippen LogP contribution in [0.1, 0.15) is 39.0 Å². The first-order valence-corrected chi connectivity index (χ1v) is 7.87. The summed E-state index contributed by atoms with van der Waals surface area (Å²) in [5.41, 5.74) is 0. The van der Waals surface area contributed by atoms with E-state index < -0.39 is 0 Å². The molecule has 2 saturated heterocycles. The second-order valence-corrected chi connectivity index (χ2v) is 6.15. The molecule has 0 aromatic carbocycles. The van der Waals surface area contributed by atoms with Crippen molar-refractivity contribution in [1.82, 2.24) is 9.80 Å². The molecule has 104 valence electrons. The first kappa shape index (κ1) is 14.1. The van der Waals surface area contributed by atoms with Gasteiger partial charge in [-0.3, -0.25) is 0 Å². The molecule has 2 aliphatic rings. The topological polar surface area (TPSA) is 6.48 Å². The Morgan fingerprint density at radius 2 is 1.50 bits per heavy atom. The highest BCUT2D eigenvalue weighted by Crippen LogP contribution is 2.24. The van der Waals surface area contributed by atoms with Crippen molar-refractivity contribution in [3.63, 3.8) is 0 Å². The monoisotopic (exact) mass is 250 g/mol. The van der Waals surface area contributed by atoms with E-state index in [0.717, 1.165) is 11.8 Å². The second kappa shape index (κ2) is 7.30. The summed E-state index contributed by atoms with van der Waals surface area (Å²) in [5.74, 6) is 1.88. The summed E-state index contributed by atoms with van der Waals surface area (Å²) >= 11 is 0. The van der Waals surface area contributed by atoms with E-state index in [2.05, 4.69) is 29.4 Å². The third kappa shape index (κ3) is 4.10. The standard InChI is InChI=1S/C16H30N2/c1-3-5-15-6-12-18(13-7-15)14-16-8-10-17(4-2)11-9-16/h3,15-16H,1,4-14H2,2H3. The van der Waals surface area contributed by atoms with E-state index in [-0.39, 0.29) is 0 Å². The molecular formula is C16H30N2. The normalized spacial score (nSPS) is 25.4. The molecule has 2 aliphatic heterocycles. The molecule has 2 nitrogen and oxygen atoms in total. The molecule has 2 heteroatoms. The van der Waals surface area contributed by atoms with Crippen molar-refractivity contribution in [2.75, 3.05) is 39.3 Å². The summed E-state index contributed by atoms with van der Waals surface area (Å²) < 4.78 is 0. The average Bonchev–Trinajstić information content (AvgIpc) is 2.42. The fraction of sp³-hybridized carbons (Fsp3) is 0.875. The van der Waals surface area contributed by atoms with Gasteiger partial charge in [-0.05, 0) is 76.7 Å². The summed E-state index contributed by atoms with van der Waals surface area (Å²) in [6, 6.07) is 0. The molecule has 0 unspecified atom stereocenters. The molecule has 0 spiro atoms. The van der Waals surface area contributed by atoms with Gasteiger partial charge in [-0.25, -0.2) is 0 Å². The van der Waals surface area contributed by atoms with Crippen LogP contribution < -0.4 is 0 Å². The predicted octanol–water partition coefficient (Wildman–Crippen LogP) is 3.01. The van der Waals surface area contributed by atoms with Gasteiger partial charge >= 0.3 is 0 Å². The number of rotatable bonds is 5. The van der Waals surface area contributed by atoms with Crippen LogP contribution in [0.15, 0.2) is 12.7 Å². The Balaban J connectivity index is 1.64. The molecule has 0 aliphatic carbocycles. The van der Waals surface area contributed by atoms with Gasteiger partial charge in [-0.1, -0.05) is 13.0 Å².